The minimum atomic E-state index is -0.244. The molecule has 0 aliphatic rings. The van der Waals surface area contributed by atoms with E-state index in [4.69, 9.17) is 4.52 Å². The topological polar surface area (TPSA) is 98.7 Å². The van der Waals surface area contributed by atoms with Crippen molar-refractivity contribution in [2.24, 2.45) is 0 Å². The highest BCUT2D eigenvalue weighted by atomic mass is 16.5. The molecule has 1 amide bonds. The molecule has 0 radical (unpaired) electrons. The van der Waals surface area contributed by atoms with Crippen LogP contribution in [0, 0.1) is 0 Å². The maximum Gasteiger partial charge on any atom is 0.251 e. The molecular formula is C18H14N6O2. The smallest absolute Gasteiger partial charge is 0.251 e. The van der Waals surface area contributed by atoms with Gasteiger partial charge in [0.15, 0.2) is 11.6 Å². The van der Waals surface area contributed by atoms with Crippen LogP contribution in [-0.2, 0) is 6.54 Å². The van der Waals surface area contributed by atoms with E-state index in [2.05, 4.69) is 25.5 Å². The molecule has 26 heavy (non-hydrogen) atoms. The third kappa shape index (κ3) is 3.34. The molecule has 8 nitrogen and oxygen atoms in total. The summed E-state index contributed by atoms with van der Waals surface area (Å²) in [6.07, 6.45) is 4.47. The number of aromatic nitrogens is 5. The van der Waals surface area contributed by atoms with Crippen molar-refractivity contribution in [2.75, 3.05) is 0 Å². The van der Waals surface area contributed by atoms with Crippen molar-refractivity contribution < 1.29 is 9.32 Å². The number of nitrogens with one attached hydrogen (secondary N) is 1. The summed E-state index contributed by atoms with van der Waals surface area (Å²) in [4.78, 5) is 20.4. The number of benzene rings is 1. The van der Waals surface area contributed by atoms with E-state index >= 15 is 0 Å². The minimum Gasteiger partial charge on any atom is -0.359 e. The van der Waals surface area contributed by atoms with Crippen LogP contribution in [-0.4, -0.2) is 30.8 Å². The molecule has 4 rings (SSSR count). The Balaban J connectivity index is 1.43. The fourth-order valence-electron chi connectivity index (χ4n) is 2.42. The number of hydrogen-bond acceptors (Lipinski definition) is 6. The molecule has 0 bridgehead atoms. The normalized spacial score (nSPS) is 10.6. The molecule has 0 saturated carbocycles. The standard InChI is InChI=1S/C18H14N6O2/c25-18(14-6-7-20-17(8-14)24-12-19-11-22-24)21-10-15-9-16(23-26-15)13-4-2-1-3-5-13/h1-9,11-12H,10H2,(H,21,25). The van der Waals surface area contributed by atoms with Crippen LogP contribution in [0.2, 0.25) is 0 Å². The predicted molar refractivity (Wildman–Crippen MR) is 92.3 cm³/mol. The van der Waals surface area contributed by atoms with E-state index in [1.807, 2.05) is 36.4 Å². The average Bonchev–Trinajstić information content (AvgIpc) is 3.39. The van der Waals surface area contributed by atoms with Crippen molar-refractivity contribution in [3.05, 3.63) is 78.7 Å². The van der Waals surface area contributed by atoms with Crippen LogP contribution >= 0.6 is 0 Å². The molecule has 0 unspecified atom stereocenters. The second-order valence-electron chi connectivity index (χ2n) is 5.47. The van der Waals surface area contributed by atoms with Crippen molar-refractivity contribution in [1.29, 1.82) is 0 Å². The zero-order valence-electron chi connectivity index (χ0n) is 13.6. The van der Waals surface area contributed by atoms with Crippen molar-refractivity contribution in [3.63, 3.8) is 0 Å². The molecule has 8 heteroatoms. The molecule has 3 aromatic heterocycles. The van der Waals surface area contributed by atoms with Gasteiger partial charge >= 0.3 is 0 Å². The van der Waals surface area contributed by atoms with Gasteiger partial charge in [0.05, 0.1) is 6.54 Å². The third-order valence-corrected chi connectivity index (χ3v) is 3.71. The molecule has 0 atom stereocenters. The molecule has 4 aromatic rings. The van der Waals surface area contributed by atoms with Crippen LogP contribution in [0.4, 0.5) is 0 Å². The predicted octanol–water partition coefficient (Wildman–Crippen LogP) is 2.25. The van der Waals surface area contributed by atoms with Gasteiger partial charge in [-0.05, 0) is 12.1 Å². The Labute approximate surface area is 148 Å². The first-order chi connectivity index (χ1) is 12.8. The first-order valence-electron chi connectivity index (χ1n) is 7.90. The average molecular weight is 346 g/mol. The highest BCUT2D eigenvalue weighted by Gasteiger charge is 2.11. The Hall–Kier alpha value is -3.81. The van der Waals surface area contributed by atoms with Crippen molar-refractivity contribution in [3.8, 4) is 17.1 Å². The van der Waals surface area contributed by atoms with Gasteiger partial charge in [-0.2, -0.15) is 5.10 Å². The van der Waals surface area contributed by atoms with Gasteiger partial charge in [-0.15, -0.1) is 0 Å². The minimum absolute atomic E-state index is 0.236. The SMILES string of the molecule is O=C(NCc1cc(-c2ccccc2)no1)c1ccnc(-n2cncn2)c1. The van der Waals surface area contributed by atoms with E-state index in [-0.39, 0.29) is 12.5 Å². The summed E-state index contributed by atoms with van der Waals surface area (Å²) >= 11 is 0. The molecular weight excluding hydrogens is 332 g/mol. The van der Waals surface area contributed by atoms with E-state index in [1.54, 1.807) is 18.3 Å². The van der Waals surface area contributed by atoms with Gasteiger partial charge in [-0.1, -0.05) is 35.5 Å². The van der Waals surface area contributed by atoms with Crippen LogP contribution in [0.25, 0.3) is 17.1 Å². The van der Waals surface area contributed by atoms with Gasteiger partial charge in [0.25, 0.3) is 5.91 Å². The molecule has 0 spiro atoms. The van der Waals surface area contributed by atoms with E-state index in [0.717, 1.165) is 11.3 Å². The lowest BCUT2D eigenvalue weighted by Gasteiger charge is -2.04. The number of carbonyl (C=O) groups excluding carboxylic acids is 1. The van der Waals surface area contributed by atoms with Crippen molar-refractivity contribution in [2.45, 2.75) is 6.54 Å². The van der Waals surface area contributed by atoms with E-state index < -0.39 is 0 Å². The van der Waals surface area contributed by atoms with E-state index in [0.29, 0.717) is 17.1 Å². The van der Waals surface area contributed by atoms with Crippen LogP contribution in [0.3, 0.4) is 0 Å². The van der Waals surface area contributed by atoms with Gasteiger partial charge in [-0.25, -0.2) is 14.6 Å². The first kappa shape index (κ1) is 15.7. The Morgan fingerprint density at radius 3 is 2.85 bits per heavy atom. The van der Waals surface area contributed by atoms with Crippen molar-refractivity contribution >= 4 is 5.91 Å². The number of amides is 1. The largest absolute Gasteiger partial charge is 0.359 e. The first-order valence-corrected chi connectivity index (χ1v) is 7.90. The molecule has 3 heterocycles. The lowest BCUT2D eigenvalue weighted by Crippen LogP contribution is -2.22. The fourth-order valence-corrected chi connectivity index (χ4v) is 2.42. The summed E-state index contributed by atoms with van der Waals surface area (Å²) in [5, 5.41) is 10.8. The number of nitrogens with zero attached hydrogens (tertiary/aromatic N) is 5. The van der Waals surface area contributed by atoms with Crippen LogP contribution in [0.5, 0.6) is 0 Å². The molecule has 0 aliphatic heterocycles. The maximum atomic E-state index is 12.4. The van der Waals surface area contributed by atoms with Crippen LogP contribution < -0.4 is 5.32 Å². The Morgan fingerprint density at radius 2 is 2.04 bits per heavy atom. The summed E-state index contributed by atoms with van der Waals surface area (Å²) in [5.74, 6) is 0.843. The lowest BCUT2D eigenvalue weighted by atomic mass is 10.1. The molecule has 0 fully saturated rings. The summed E-state index contributed by atoms with van der Waals surface area (Å²) in [6.45, 7) is 0.236. The molecule has 0 saturated heterocycles. The summed E-state index contributed by atoms with van der Waals surface area (Å²) in [7, 11) is 0. The number of carbonyl (C=O) groups is 1. The number of hydrogen-bond donors (Lipinski definition) is 1. The Bertz CT molecular complexity index is 1010. The fraction of sp³-hybridized carbons (Fsp3) is 0.0556. The Kier molecular flexibility index (Phi) is 4.21. The second kappa shape index (κ2) is 6.98. The summed E-state index contributed by atoms with van der Waals surface area (Å²) in [6, 6.07) is 14.8. The lowest BCUT2D eigenvalue weighted by molar-refractivity contribution is 0.0947. The Morgan fingerprint density at radius 1 is 1.15 bits per heavy atom. The molecule has 128 valence electrons. The van der Waals surface area contributed by atoms with Gasteiger partial charge in [0.2, 0.25) is 0 Å². The van der Waals surface area contributed by atoms with E-state index in [1.165, 1.54) is 17.3 Å². The van der Waals surface area contributed by atoms with Gasteiger partial charge < -0.3 is 9.84 Å². The molecule has 1 N–H and O–H groups in total. The summed E-state index contributed by atoms with van der Waals surface area (Å²) in [5.41, 5.74) is 2.15. The molecule has 0 aliphatic carbocycles. The number of pyridine rings is 1. The van der Waals surface area contributed by atoms with Gasteiger partial charge in [-0.3, -0.25) is 4.79 Å². The van der Waals surface area contributed by atoms with Gasteiger partial charge in [0, 0.05) is 23.4 Å². The van der Waals surface area contributed by atoms with Crippen LogP contribution in [0.1, 0.15) is 16.1 Å². The second-order valence-corrected chi connectivity index (χ2v) is 5.47. The quantitative estimate of drug-likeness (QED) is 0.595. The van der Waals surface area contributed by atoms with Crippen LogP contribution in [0.15, 0.2) is 71.9 Å². The highest BCUT2D eigenvalue weighted by molar-refractivity contribution is 5.94. The zero-order valence-corrected chi connectivity index (χ0v) is 13.6. The van der Waals surface area contributed by atoms with E-state index in [9.17, 15) is 4.79 Å². The highest BCUT2D eigenvalue weighted by Crippen LogP contribution is 2.18. The third-order valence-electron chi connectivity index (χ3n) is 3.71. The molecule has 1 aromatic carbocycles. The maximum absolute atomic E-state index is 12.4. The number of rotatable bonds is 5. The van der Waals surface area contributed by atoms with Gasteiger partial charge in [0.1, 0.15) is 18.3 Å². The summed E-state index contributed by atoms with van der Waals surface area (Å²) < 4.78 is 6.77. The zero-order chi connectivity index (χ0) is 17.8. The van der Waals surface area contributed by atoms with Crippen molar-refractivity contribution in [1.82, 2.24) is 30.2 Å². The monoisotopic (exact) mass is 346 g/mol.